The van der Waals surface area contributed by atoms with E-state index in [1.54, 1.807) is 0 Å². The van der Waals surface area contributed by atoms with Gasteiger partial charge in [0.05, 0.1) is 11.1 Å². The van der Waals surface area contributed by atoms with Crippen molar-refractivity contribution in [1.82, 2.24) is 0 Å². The summed E-state index contributed by atoms with van der Waals surface area (Å²) in [6.45, 7) is 0. The molecule has 0 saturated carbocycles. The van der Waals surface area contributed by atoms with Gasteiger partial charge in [-0.15, -0.1) is 11.6 Å². The Labute approximate surface area is 91.3 Å². The molecule has 1 aliphatic rings. The Bertz CT molecular complexity index is 306. The second kappa shape index (κ2) is 5.17. The number of rotatable bonds is 4. The molecule has 0 heterocycles. The third-order valence-corrected chi connectivity index (χ3v) is 3.78. The lowest BCUT2D eigenvalue weighted by atomic mass is 9.96. The second-order valence-corrected chi connectivity index (χ2v) is 6.79. The van der Waals surface area contributed by atoms with E-state index in [2.05, 4.69) is 6.08 Å². The summed E-state index contributed by atoms with van der Waals surface area (Å²) < 4.78 is 21.8. The minimum Gasteiger partial charge on any atom is -0.229 e. The smallest absolute Gasteiger partial charge is 0.147 e. The zero-order chi connectivity index (χ0) is 10.6. The Morgan fingerprint density at radius 1 is 1.57 bits per heavy atom. The fraction of sp³-hybridized carbons (Fsp3) is 0.800. The molecule has 0 N–H and O–H groups in total. The van der Waals surface area contributed by atoms with Gasteiger partial charge in [-0.25, -0.2) is 8.42 Å². The quantitative estimate of drug-likeness (QED) is 0.555. The fourth-order valence-electron chi connectivity index (χ4n) is 1.72. The van der Waals surface area contributed by atoms with E-state index in [0.29, 0.717) is 0 Å². The van der Waals surface area contributed by atoms with Crippen molar-refractivity contribution in [1.29, 1.82) is 0 Å². The molecule has 1 rings (SSSR count). The van der Waals surface area contributed by atoms with Crippen LogP contribution >= 0.6 is 11.6 Å². The van der Waals surface area contributed by atoms with Gasteiger partial charge in [-0.05, 0) is 32.1 Å². The first kappa shape index (κ1) is 12.1. The van der Waals surface area contributed by atoms with Crippen LogP contribution in [0.4, 0.5) is 0 Å². The van der Waals surface area contributed by atoms with Gasteiger partial charge in [0.2, 0.25) is 0 Å². The van der Waals surface area contributed by atoms with Crippen LogP contribution in [-0.4, -0.2) is 25.8 Å². The van der Waals surface area contributed by atoms with Crippen molar-refractivity contribution in [3.05, 3.63) is 11.6 Å². The summed E-state index contributed by atoms with van der Waals surface area (Å²) in [6, 6.07) is 0. The standard InChI is InChI=1S/C10H17ClO2S/c1-14(12,13)7-3-5-9-4-2-6-10(11)8-9/h8,10H,2-7H2,1H3. The first-order valence-corrected chi connectivity index (χ1v) is 7.48. The summed E-state index contributed by atoms with van der Waals surface area (Å²) in [7, 11) is -2.80. The maximum Gasteiger partial charge on any atom is 0.147 e. The van der Waals surface area contributed by atoms with Gasteiger partial charge in [0, 0.05) is 6.26 Å². The highest BCUT2D eigenvalue weighted by atomic mass is 35.5. The molecule has 1 aliphatic carbocycles. The van der Waals surface area contributed by atoms with Crippen molar-refractivity contribution in [3.63, 3.8) is 0 Å². The van der Waals surface area contributed by atoms with E-state index in [-0.39, 0.29) is 11.1 Å². The molecule has 0 aromatic rings. The van der Waals surface area contributed by atoms with Gasteiger partial charge in [-0.2, -0.15) is 0 Å². The van der Waals surface area contributed by atoms with Crippen LogP contribution in [0.3, 0.4) is 0 Å². The van der Waals surface area contributed by atoms with E-state index in [4.69, 9.17) is 11.6 Å². The van der Waals surface area contributed by atoms with E-state index in [1.165, 1.54) is 11.8 Å². The summed E-state index contributed by atoms with van der Waals surface area (Å²) in [4.78, 5) is 0. The molecule has 0 saturated heterocycles. The van der Waals surface area contributed by atoms with Crippen LogP contribution in [0.5, 0.6) is 0 Å². The zero-order valence-corrected chi connectivity index (χ0v) is 10.1. The molecule has 0 amide bonds. The highest BCUT2D eigenvalue weighted by molar-refractivity contribution is 7.90. The van der Waals surface area contributed by atoms with E-state index >= 15 is 0 Å². The average Bonchev–Trinajstić information content (AvgIpc) is 2.01. The highest BCUT2D eigenvalue weighted by Crippen LogP contribution is 2.24. The molecule has 0 aromatic heterocycles. The lowest BCUT2D eigenvalue weighted by molar-refractivity contribution is 0.597. The van der Waals surface area contributed by atoms with Crippen LogP contribution in [0.25, 0.3) is 0 Å². The number of sulfone groups is 1. The summed E-state index contributed by atoms with van der Waals surface area (Å²) >= 11 is 5.99. The lowest BCUT2D eigenvalue weighted by Gasteiger charge is -2.16. The van der Waals surface area contributed by atoms with E-state index in [1.807, 2.05) is 0 Å². The molecule has 1 atom stereocenters. The molecule has 0 spiro atoms. The van der Waals surface area contributed by atoms with Gasteiger partial charge in [-0.3, -0.25) is 0 Å². The Balaban J connectivity index is 2.31. The van der Waals surface area contributed by atoms with Crippen molar-refractivity contribution in [3.8, 4) is 0 Å². The molecule has 2 nitrogen and oxygen atoms in total. The molecule has 0 aliphatic heterocycles. The third-order valence-electron chi connectivity index (χ3n) is 2.41. The molecule has 4 heteroatoms. The van der Waals surface area contributed by atoms with Gasteiger partial charge in [-0.1, -0.05) is 11.6 Å². The maximum absolute atomic E-state index is 10.9. The summed E-state index contributed by atoms with van der Waals surface area (Å²) in [5, 5.41) is 0.164. The molecule has 0 bridgehead atoms. The molecule has 0 radical (unpaired) electrons. The van der Waals surface area contributed by atoms with Crippen molar-refractivity contribution in [2.45, 2.75) is 37.5 Å². The van der Waals surface area contributed by atoms with Gasteiger partial charge in [0.25, 0.3) is 0 Å². The van der Waals surface area contributed by atoms with Crippen LogP contribution in [0.2, 0.25) is 0 Å². The van der Waals surface area contributed by atoms with E-state index in [9.17, 15) is 8.42 Å². The first-order valence-electron chi connectivity index (χ1n) is 4.99. The number of halogens is 1. The van der Waals surface area contributed by atoms with Gasteiger partial charge >= 0.3 is 0 Å². The Morgan fingerprint density at radius 3 is 2.86 bits per heavy atom. The fourth-order valence-corrected chi connectivity index (χ4v) is 2.72. The summed E-state index contributed by atoms with van der Waals surface area (Å²) in [6.07, 6.45) is 8.27. The Hall–Kier alpha value is -0.0200. The lowest BCUT2D eigenvalue weighted by Crippen LogP contribution is -2.06. The third kappa shape index (κ3) is 5.01. The monoisotopic (exact) mass is 236 g/mol. The van der Waals surface area contributed by atoms with E-state index < -0.39 is 9.84 Å². The van der Waals surface area contributed by atoms with E-state index in [0.717, 1.165) is 32.1 Å². The largest absolute Gasteiger partial charge is 0.229 e. The maximum atomic E-state index is 10.9. The minimum atomic E-state index is -2.80. The Kier molecular flexibility index (Phi) is 4.45. The predicted molar refractivity (Wildman–Crippen MR) is 60.5 cm³/mol. The Morgan fingerprint density at radius 2 is 2.29 bits per heavy atom. The number of hydrogen-bond acceptors (Lipinski definition) is 2. The van der Waals surface area contributed by atoms with Crippen molar-refractivity contribution < 1.29 is 8.42 Å². The molecule has 14 heavy (non-hydrogen) atoms. The zero-order valence-electron chi connectivity index (χ0n) is 8.50. The summed E-state index contributed by atoms with van der Waals surface area (Å²) in [5.74, 6) is 0.289. The van der Waals surface area contributed by atoms with Crippen molar-refractivity contribution in [2.75, 3.05) is 12.0 Å². The van der Waals surface area contributed by atoms with Gasteiger partial charge in [0.15, 0.2) is 0 Å². The van der Waals surface area contributed by atoms with Crippen LogP contribution in [0.1, 0.15) is 32.1 Å². The van der Waals surface area contributed by atoms with Crippen molar-refractivity contribution >= 4 is 21.4 Å². The van der Waals surface area contributed by atoms with Crippen LogP contribution in [0, 0.1) is 0 Å². The van der Waals surface area contributed by atoms with Crippen LogP contribution in [0.15, 0.2) is 11.6 Å². The number of alkyl halides is 1. The second-order valence-electron chi connectivity index (χ2n) is 3.97. The SMILES string of the molecule is CS(=O)(=O)CCCC1=CC(Cl)CCC1. The van der Waals surface area contributed by atoms with Gasteiger partial charge < -0.3 is 0 Å². The molecule has 82 valence electrons. The minimum absolute atomic E-state index is 0.164. The molecule has 1 unspecified atom stereocenters. The topological polar surface area (TPSA) is 34.1 Å². The first-order chi connectivity index (χ1) is 6.47. The van der Waals surface area contributed by atoms with Gasteiger partial charge in [0.1, 0.15) is 9.84 Å². The molecule has 0 aromatic carbocycles. The normalized spacial score (nSPS) is 23.3. The molecule has 0 fully saturated rings. The summed E-state index contributed by atoms with van der Waals surface area (Å²) in [5.41, 5.74) is 1.33. The molecular formula is C10H17ClO2S. The number of hydrogen-bond donors (Lipinski definition) is 0. The van der Waals surface area contributed by atoms with Crippen LogP contribution in [-0.2, 0) is 9.84 Å². The number of allylic oxidation sites excluding steroid dienone is 2. The average molecular weight is 237 g/mol. The predicted octanol–water partition coefficient (Wildman–Crippen LogP) is 2.53. The highest BCUT2D eigenvalue weighted by Gasteiger charge is 2.11. The van der Waals surface area contributed by atoms with Crippen LogP contribution < -0.4 is 0 Å². The molecular weight excluding hydrogens is 220 g/mol. The van der Waals surface area contributed by atoms with Crippen molar-refractivity contribution in [2.24, 2.45) is 0 Å².